The molecule has 2 aliphatic heterocycles. The lowest BCUT2D eigenvalue weighted by Crippen LogP contribution is -2.54. The van der Waals surface area contributed by atoms with Gasteiger partial charge in [-0.25, -0.2) is 4.31 Å². The van der Waals surface area contributed by atoms with E-state index in [2.05, 4.69) is 21.8 Å². The van der Waals surface area contributed by atoms with Gasteiger partial charge in [-0.1, -0.05) is 30.3 Å². The van der Waals surface area contributed by atoms with Crippen molar-refractivity contribution in [3.8, 4) is 0 Å². The first-order chi connectivity index (χ1) is 10.8. The quantitative estimate of drug-likeness (QED) is 0.897. The number of carbonyl (C=O) groups is 1. The minimum Gasteiger partial charge on any atom is -0.299 e. The molecule has 1 spiro atoms. The molecule has 1 aromatic rings. The van der Waals surface area contributed by atoms with Crippen molar-refractivity contribution >= 4 is 16.1 Å². The Morgan fingerprint density at radius 3 is 2.30 bits per heavy atom. The zero-order valence-corrected chi connectivity index (χ0v) is 14.3. The third kappa shape index (κ3) is 3.00. The number of carbonyl (C=O) groups excluding carboxylic acids is 1. The second-order valence-corrected chi connectivity index (χ2v) is 8.19. The molecule has 2 saturated heterocycles. The van der Waals surface area contributed by atoms with Crippen molar-refractivity contribution in [3.63, 3.8) is 0 Å². The number of piperidine rings is 1. The van der Waals surface area contributed by atoms with Gasteiger partial charge in [-0.3, -0.25) is 9.69 Å². The molecule has 23 heavy (non-hydrogen) atoms. The van der Waals surface area contributed by atoms with Crippen molar-refractivity contribution in [2.24, 2.45) is 0 Å². The van der Waals surface area contributed by atoms with Gasteiger partial charge in [-0.15, -0.1) is 0 Å². The highest BCUT2D eigenvalue weighted by Gasteiger charge is 2.56. The largest absolute Gasteiger partial charge is 0.305 e. The van der Waals surface area contributed by atoms with E-state index in [1.54, 1.807) is 13.8 Å². The Morgan fingerprint density at radius 1 is 1.17 bits per heavy atom. The van der Waals surface area contributed by atoms with Gasteiger partial charge < -0.3 is 0 Å². The Labute approximate surface area is 137 Å². The van der Waals surface area contributed by atoms with Crippen LogP contribution in [0, 0.1) is 0 Å². The summed E-state index contributed by atoms with van der Waals surface area (Å²) in [5.74, 6) is -0.299. The van der Waals surface area contributed by atoms with E-state index in [-0.39, 0.29) is 11.9 Å². The molecule has 1 amide bonds. The summed E-state index contributed by atoms with van der Waals surface area (Å²) in [7, 11) is -3.70. The first-order valence-electron chi connectivity index (χ1n) is 7.98. The number of rotatable bonds is 3. The van der Waals surface area contributed by atoms with Crippen molar-refractivity contribution in [3.05, 3.63) is 35.9 Å². The highest BCUT2D eigenvalue weighted by Crippen LogP contribution is 2.33. The van der Waals surface area contributed by atoms with Crippen LogP contribution < -0.4 is 4.72 Å². The van der Waals surface area contributed by atoms with Crippen LogP contribution in [-0.2, 0) is 21.5 Å². The van der Waals surface area contributed by atoms with Gasteiger partial charge in [0.05, 0.1) is 0 Å². The van der Waals surface area contributed by atoms with E-state index < -0.39 is 15.7 Å². The highest BCUT2D eigenvalue weighted by atomic mass is 32.2. The summed E-state index contributed by atoms with van der Waals surface area (Å²) in [4.78, 5) is 14.9. The van der Waals surface area contributed by atoms with Crippen LogP contribution in [0.2, 0.25) is 0 Å². The number of likely N-dealkylation sites (tertiary alicyclic amines) is 1. The fourth-order valence-corrected chi connectivity index (χ4v) is 5.25. The lowest BCUT2D eigenvalue weighted by Gasteiger charge is -2.36. The fraction of sp³-hybridized carbons (Fsp3) is 0.562. The maximum Gasteiger partial charge on any atom is 0.305 e. The normalized spacial score (nSPS) is 23.8. The number of benzene rings is 1. The van der Waals surface area contributed by atoms with Crippen LogP contribution in [-0.4, -0.2) is 48.2 Å². The Bertz CT molecular complexity index is 680. The van der Waals surface area contributed by atoms with Crippen molar-refractivity contribution in [2.45, 2.75) is 44.8 Å². The van der Waals surface area contributed by atoms with E-state index in [9.17, 15) is 13.2 Å². The van der Waals surface area contributed by atoms with Crippen LogP contribution in [0.25, 0.3) is 0 Å². The predicted molar refractivity (Wildman–Crippen MR) is 87.7 cm³/mol. The molecule has 0 aliphatic carbocycles. The molecule has 7 heteroatoms. The first kappa shape index (κ1) is 16.4. The number of amides is 1. The molecular weight excluding hydrogens is 314 g/mol. The summed E-state index contributed by atoms with van der Waals surface area (Å²) in [5.41, 5.74) is 0.279. The molecule has 2 heterocycles. The molecule has 126 valence electrons. The lowest BCUT2D eigenvalue weighted by atomic mass is 9.87. The lowest BCUT2D eigenvalue weighted by molar-refractivity contribution is -0.133. The molecule has 2 aliphatic rings. The van der Waals surface area contributed by atoms with Gasteiger partial charge in [0.1, 0.15) is 5.54 Å². The minimum absolute atomic E-state index is 0.299. The smallest absolute Gasteiger partial charge is 0.299 e. The zero-order chi connectivity index (χ0) is 16.7. The average molecular weight is 337 g/mol. The first-order valence-corrected chi connectivity index (χ1v) is 9.42. The molecule has 0 saturated carbocycles. The SMILES string of the molecule is CC(C)N1C(=O)C2(CCN(Cc3ccccc3)CC2)NS1(=O)=O. The Balaban J connectivity index is 1.70. The molecule has 0 aromatic heterocycles. The Hall–Kier alpha value is -1.44. The third-order valence-corrected chi connectivity index (χ3v) is 6.37. The molecule has 1 N–H and O–H groups in total. The molecule has 0 atom stereocenters. The predicted octanol–water partition coefficient (Wildman–Crippen LogP) is 1.11. The van der Waals surface area contributed by atoms with E-state index in [1.807, 2.05) is 18.2 Å². The van der Waals surface area contributed by atoms with Crippen LogP contribution in [0.15, 0.2) is 30.3 Å². The minimum atomic E-state index is -3.70. The van der Waals surface area contributed by atoms with Crippen LogP contribution >= 0.6 is 0 Å². The van der Waals surface area contributed by atoms with Crippen LogP contribution in [0.1, 0.15) is 32.3 Å². The van der Waals surface area contributed by atoms with Crippen LogP contribution in [0.5, 0.6) is 0 Å². The van der Waals surface area contributed by atoms with Crippen molar-refractivity contribution in [2.75, 3.05) is 13.1 Å². The fourth-order valence-electron chi connectivity index (χ4n) is 3.42. The van der Waals surface area contributed by atoms with E-state index in [0.29, 0.717) is 25.9 Å². The third-order valence-electron chi connectivity index (χ3n) is 4.62. The van der Waals surface area contributed by atoms with Gasteiger partial charge in [-0.05, 0) is 32.3 Å². The van der Waals surface area contributed by atoms with E-state index in [4.69, 9.17) is 0 Å². The second kappa shape index (κ2) is 5.89. The monoisotopic (exact) mass is 337 g/mol. The standard InChI is InChI=1S/C16H23N3O3S/c1-13(2)19-15(20)16(17-23(19,21)22)8-10-18(11-9-16)12-14-6-4-3-5-7-14/h3-7,13,17H,8-12H2,1-2H3. The topological polar surface area (TPSA) is 69.7 Å². The van der Waals surface area contributed by atoms with Crippen LogP contribution in [0.4, 0.5) is 0 Å². The average Bonchev–Trinajstić information content (AvgIpc) is 2.69. The van der Waals surface area contributed by atoms with E-state index in [0.717, 1.165) is 10.8 Å². The van der Waals surface area contributed by atoms with Gasteiger partial charge in [0.2, 0.25) is 0 Å². The molecule has 0 unspecified atom stereocenters. The Kier molecular flexibility index (Phi) is 4.20. The molecule has 2 fully saturated rings. The van der Waals surface area contributed by atoms with E-state index >= 15 is 0 Å². The zero-order valence-electron chi connectivity index (χ0n) is 13.5. The van der Waals surface area contributed by atoms with Crippen molar-refractivity contribution < 1.29 is 13.2 Å². The summed E-state index contributed by atoms with van der Waals surface area (Å²) in [6.45, 7) is 5.68. The summed E-state index contributed by atoms with van der Waals surface area (Å²) < 4.78 is 28.1. The van der Waals surface area contributed by atoms with Gasteiger partial charge in [0.25, 0.3) is 5.91 Å². The number of nitrogens with zero attached hydrogens (tertiary/aromatic N) is 2. The second-order valence-electron chi connectivity index (χ2n) is 6.65. The van der Waals surface area contributed by atoms with Crippen molar-refractivity contribution in [1.29, 1.82) is 0 Å². The summed E-state index contributed by atoms with van der Waals surface area (Å²) >= 11 is 0. The number of hydrogen-bond donors (Lipinski definition) is 1. The van der Waals surface area contributed by atoms with Gasteiger partial charge >= 0.3 is 10.2 Å². The molecule has 1 aromatic carbocycles. The summed E-state index contributed by atoms with van der Waals surface area (Å²) in [6.07, 6.45) is 1.03. The highest BCUT2D eigenvalue weighted by molar-refractivity contribution is 7.88. The van der Waals surface area contributed by atoms with E-state index in [1.165, 1.54) is 5.56 Å². The van der Waals surface area contributed by atoms with Crippen LogP contribution in [0.3, 0.4) is 0 Å². The summed E-state index contributed by atoms with van der Waals surface area (Å²) in [6, 6.07) is 9.80. The Morgan fingerprint density at radius 2 is 1.78 bits per heavy atom. The van der Waals surface area contributed by atoms with Gasteiger partial charge in [0.15, 0.2) is 0 Å². The maximum absolute atomic E-state index is 12.7. The molecule has 3 rings (SSSR count). The van der Waals surface area contributed by atoms with Crippen molar-refractivity contribution in [1.82, 2.24) is 13.9 Å². The number of hydrogen-bond acceptors (Lipinski definition) is 4. The molecule has 0 bridgehead atoms. The van der Waals surface area contributed by atoms with Gasteiger partial charge in [0, 0.05) is 25.7 Å². The number of nitrogens with one attached hydrogen (secondary N) is 1. The molecule has 0 radical (unpaired) electrons. The molecular formula is C16H23N3O3S. The summed E-state index contributed by atoms with van der Waals surface area (Å²) in [5, 5.41) is 0. The molecule has 6 nitrogen and oxygen atoms in total. The van der Waals surface area contributed by atoms with Gasteiger partial charge in [-0.2, -0.15) is 13.1 Å². The maximum atomic E-state index is 12.7.